The highest BCUT2D eigenvalue weighted by molar-refractivity contribution is 8.00. The van der Waals surface area contributed by atoms with Crippen molar-refractivity contribution in [2.45, 2.75) is 4.90 Å². The number of anilines is 1. The van der Waals surface area contributed by atoms with E-state index in [0.717, 1.165) is 10.6 Å². The Morgan fingerprint density at radius 3 is 2.40 bits per heavy atom. The fraction of sp³-hybridized carbons (Fsp3) is 0.176. The van der Waals surface area contributed by atoms with Crippen LogP contribution in [0.15, 0.2) is 41.3 Å². The summed E-state index contributed by atoms with van der Waals surface area (Å²) in [5, 5.41) is 3.06. The summed E-state index contributed by atoms with van der Waals surface area (Å²) < 4.78 is 9.78. The molecule has 1 amide bonds. The average molecular weight is 400 g/mol. The highest BCUT2D eigenvalue weighted by Crippen LogP contribution is 2.30. The molecule has 0 unspecified atom stereocenters. The van der Waals surface area contributed by atoms with Crippen molar-refractivity contribution in [3.8, 4) is 5.75 Å². The third kappa shape index (κ3) is 5.29. The molecule has 0 heterocycles. The summed E-state index contributed by atoms with van der Waals surface area (Å²) in [5.41, 5.74) is 0.279. The van der Waals surface area contributed by atoms with Gasteiger partial charge in [0.25, 0.3) is 0 Å². The first-order valence-corrected chi connectivity index (χ1v) is 8.82. The molecule has 1 N–H and O–H groups in total. The Kier molecular flexibility index (Phi) is 6.99. The van der Waals surface area contributed by atoms with Crippen LogP contribution in [-0.2, 0) is 9.53 Å². The molecule has 0 aromatic heterocycles. The summed E-state index contributed by atoms with van der Waals surface area (Å²) >= 11 is 13.3. The van der Waals surface area contributed by atoms with Crippen molar-refractivity contribution in [2.75, 3.05) is 25.3 Å². The van der Waals surface area contributed by atoms with E-state index in [2.05, 4.69) is 5.32 Å². The topological polar surface area (TPSA) is 64.6 Å². The van der Waals surface area contributed by atoms with Crippen LogP contribution in [0.2, 0.25) is 10.0 Å². The minimum absolute atomic E-state index is 0.0661. The van der Waals surface area contributed by atoms with E-state index in [1.54, 1.807) is 7.11 Å². The van der Waals surface area contributed by atoms with Gasteiger partial charge in [-0.15, -0.1) is 11.8 Å². The van der Waals surface area contributed by atoms with Crippen LogP contribution < -0.4 is 10.1 Å². The Morgan fingerprint density at radius 1 is 1.12 bits per heavy atom. The zero-order valence-corrected chi connectivity index (χ0v) is 15.8. The first-order chi connectivity index (χ1) is 11.9. The zero-order chi connectivity index (χ0) is 18.4. The molecule has 0 aliphatic rings. The molecule has 0 aliphatic heterocycles. The zero-order valence-electron chi connectivity index (χ0n) is 13.5. The van der Waals surface area contributed by atoms with Crippen LogP contribution in [0.25, 0.3) is 0 Å². The second kappa shape index (κ2) is 8.99. The van der Waals surface area contributed by atoms with Gasteiger partial charge < -0.3 is 14.8 Å². The molecule has 0 atom stereocenters. The summed E-state index contributed by atoms with van der Waals surface area (Å²) in [6.07, 6.45) is 0. The summed E-state index contributed by atoms with van der Waals surface area (Å²) in [6, 6.07) is 10.2. The third-order valence-corrected chi connectivity index (χ3v) is 4.68. The lowest BCUT2D eigenvalue weighted by Crippen LogP contribution is -2.17. The lowest BCUT2D eigenvalue weighted by Gasteiger charge is -2.12. The summed E-state index contributed by atoms with van der Waals surface area (Å²) in [5.74, 6) is -0.0639. The Balaban J connectivity index is 2.08. The molecule has 8 heteroatoms. The number of esters is 1. The molecule has 25 heavy (non-hydrogen) atoms. The predicted octanol–water partition coefficient (Wildman–Crippen LogP) is 4.52. The van der Waals surface area contributed by atoms with E-state index in [4.69, 9.17) is 32.7 Å². The van der Waals surface area contributed by atoms with Gasteiger partial charge in [-0.25, -0.2) is 4.79 Å². The number of hydrogen-bond donors (Lipinski definition) is 1. The van der Waals surface area contributed by atoms with Gasteiger partial charge in [-0.1, -0.05) is 23.2 Å². The smallest absolute Gasteiger partial charge is 0.341 e. The maximum atomic E-state index is 12.2. The molecule has 0 bridgehead atoms. The Hall–Kier alpha value is -1.89. The maximum absolute atomic E-state index is 12.2. The lowest BCUT2D eigenvalue weighted by atomic mass is 10.1. The van der Waals surface area contributed by atoms with E-state index >= 15 is 0 Å². The maximum Gasteiger partial charge on any atom is 0.341 e. The van der Waals surface area contributed by atoms with Gasteiger partial charge in [-0.05, 0) is 36.4 Å². The fourth-order valence-electron chi connectivity index (χ4n) is 1.99. The molecule has 0 spiro atoms. The number of rotatable bonds is 6. The molecule has 2 aromatic rings. The van der Waals surface area contributed by atoms with E-state index in [1.807, 2.05) is 24.3 Å². The number of carbonyl (C=O) groups excluding carboxylic acids is 2. The van der Waals surface area contributed by atoms with E-state index in [0.29, 0.717) is 5.02 Å². The first-order valence-electron chi connectivity index (χ1n) is 7.08. The molecule has 132 valence electrons. The van der Waals surface area contributed by atoms with Crippen molar-refractivity contribution in [1.82, 2.24) is 0 Å². The summed E-state index contributed by atoms with van der Waals surface area (Å²) in [7, 11) is 2.82. The van der Waals surface area contributed by atoms with Crippen molar-refractivity contribution >= 4 is 52.5 Å². The standard InChI is InChI=1S/C17H15Cl2NO4S/c1-23-11-3-5-12(6-4-11)25-9-15(21)20-14-8-10(18)7-13(19)16(14)17(22)24-2/h3-8H,9H2,1-2H3,(H,20,21). The predicted molar refractivity (Wildman–Crippen MR) is 100 cm³/mol. The molecule has 2 aromatic carbocycles. The van der Waals surface area contributed by atoms with E-state index in [9.17, 15) is 9.59 Å². The van der Waals surface area contributed by atoms with E-state index < -0.39 is 5.97 Å². The van der Waals surface area contributed by atoms with Gasteiger partial charge in [0.05, 0.1) is 30.7 Å². The molecular formula is C17H15Cl2NO4S. The van der Waals surface area contributed by atoms with Gasteiger partial charge in [0.15, 0.2) is 0 Å². The molecule has 0 radical (unpaired) electrons. The Morgan fingerprint density at radius 2 is 1.80 bits per heavy atom. The van der Waals surface area contributed by atoms with Gasteiger partial charge in [0.1, 0.15) is 11.3 Å². The van der Waals surface area contributed by atoms with Crippen molar-refractivity contribution in [1.29, 1.82) is 0 Å². The molecule has 0 saturated carbocycles. The van der Waals surface area contributed by atoms with E-state index in [-0.39, 0.29) is 27.9 Å². The molecular weight excluding hydrogens is 385 g/mol. The first kappa shape index (κ1) is 19.4. The van der Waals surface area contributed by atoms with Crippen molar-refractivity contribution in [3.05, 3.63) is 52.0 Å². The van der Waals surface area contributed by atoms with Gasteiger partial charge in [-0.2, -0.15) is 0 Å². The summed E-state index contributed by atoms with van der Waals surface area (Å²) in [6.45, 7) is 0. The largest absolute Gasteiger partial charge is 0.497 e. The van der Waals surface area contributed by atoms with Gasteiger partial charge in [0.2, 0.25) is 5.91 Å². The van der Waals surface area contributed by atoms with Crippen molar-refractivity contribution < 1.29 is 19.1 Å². The minimum Gasteiger partial charge on any atom is -0.497 e. The van der Waals surface area contributed by atoms with Crippen LogP contribution in [0.3, 0.4) is 0 Å². The van der Waals surface area contributed by atoms with Crippen LogP contribution in [0.5, 0.6) is 5.75 Å². The number of nitrogens with one attached hydrogen (secondary N) is 1. The highest BCUT2D eigenvalue weighted by Gasteiger charge is 2.19. The lowest BCUT2D eigenvalue weighted by molar-refractivity contribution is -0.113. The van der Waals surface area contributed by atoms with Gasteiger partial charge >= 0.3 is 5.97 Å². The average Bonchev–Trinajstić information content (AvgIpc) is 2.59. The SMILES string of the molecule is COC(=O)c1c(Cl)cc(Cl)cc1NC(=O)CSc1ccc(OC)cc1. The second-order valence-corrected chi connectivity index (χ2v) is 6.71. The van der Waals surface area contributed by atoms with Crippen LogP contribution in [0.4, 0.5) is 5.69 Å². The van der Waals surface area contributed by atoms with Crippen molar-refractivity contribution in [3.63, 3.8) is 0 Å². The fourth-order valence-corrected chi connectivity index (χ4v) is 3.26. The molecule has 5 nitrogen and oxygen atoms in total. The number of thioether (sulfide) groups is 1. The number of halogens is 2. The van der Waals surface area contributed by atoms with Crippen LogP contribution in [0.1, 0.15) is 10.4 Å². The number of amides is 1. The summed E-state index contributed by atoms with van der Waals surface area (Å²) in [4.78, 5) is 25.0. The molecule has 2 rings (SSSR count). The Bertz CT molecular complexity index is 781. The minimum atomic E-state index is -0.653. The highest BCUT2D eigenvalue weighted by atomic mass is 35.5. The quantitative estimate of drug-likeness (QED) is 0.571. The van der Waals surface area contributed by atoms with Gasteiger partial charge in [0, 0.05) is 9.92 Å². The van der Waals surface area contributed by atoms with Gasteiger partial charge in [-0.3, -0.25) is 4.79 Å². The number of benzene rings is 2. The molecule has 0 aliphatic carbocycles. The normalized spacial score (nSPS) is 10.2. The monoisotopic (exact) mass is 399 g/mol. The Labute approximate surface area is 159 Å². The number of hydrogen-bond acceptors (Lipinski definition) is 5. The van der Waals surface area contributed by atoms with Crippen LogP contribution in [-0.4, -0.2) is 31.8 Å². The van der Waals surface area contributed by atoms with E-state index in [1.165, 1.54) is 31.0 Å². The van der Waals surface area contributed by atoms with Crippen LogP contribution >= 0.6 is 35.0 Å². The number of carbonyl (C=O) groups is 2. The van der Waals surface area contributed by atoms with Crippen LogP contribution in [0, 0.1) is 0 Å². The second-order valence-electron chi connectivity index (χ2n) is 4.81. The number of ether oxygens (including phenoxy) is 2. The molecule has 0 saturated heterocycles. The van der Waals surface area contributed by atoms with Crippen molar-refractivity contribution in [2.24, 2.45) is 0 Å². The molecule has 0 fully saturated rings. The number of methoxy groups -OCH3 is 2. The third-order valence-electron chi connectivity index (χ3n) is 3.15.